The second kappa shape index (κ2) is 9.47. The standard InChI is InChI=1S/C23H25N3O2S/c1-15(2)20(26-21(27)17-11-9-16(3)10-12-17)22(28)24-13-19-14-29-23(25-19)18-7-5-4-6-8-18/h4-12,14-15,20H,13H2,1-3H3,(H,24,28)(H,26,27). The summed E-state index contributed by atoms with van der Waals surface area (Å²) >= 11 is 1.55. The first-order valence-electron chi connectivity index (χ1n) is 9.59. The van der Waals surface area contributed by atoms with Crippen LogP contribution in [-0.4, -0.2) is 22.8 Å². The van der Waals surface area contributed by atoms with Crippen LogP contribution in [-0.2, 0) is 11.3 Å². The second-order valence-electron chi connectivity index (χ2n) is 7.29. The van der Waals surface area contributed by atoms with Crippen LogP contribution in [0.3, 0.4) is 0 Å². The van der Waals surface area contributed by atoms with Crippen LogP contribution >= 0.6 is 11.3 Å². The molecule has 1 aromatic heterocycles. The molecule has 0 saturated carbocycles. The van der Waals surface area contributed by atoms with Crippen LogP contribution in [0.5, 0.6) is 0 Å². The number of amides is 2. The Hall–Kier alpha value is -2.99. The highest BCUT2D eigenvalue weighted by molar-refractivity contribution is 7.13. The molecule has 150 valence electrons. The van der Waals surface area contributed by atoms with E-state index < -0.39 is 6.04 Å². The van der Waals surface area contributed by atoms with Crippen LogP contribution in [0.1, 0.15) is 35.5 Å². The Bertz CT molecular complexity index is 965. The quantitative estimate of drug-likeness (QED) is 0.617. The normalized spacial score (nSPS) is 11.9. The summed E-state index contributed by atoms with van der Waals surface area (Å²) in [6, 6.07) is 16.6. The van der Waals surface area contributed by atoms with Gasteiger partial charge in [0.05, 0.1) is 12.2 Å². The maximum absolute atomic E-state index is 12.7. The molecule has 2 aromatic carbocycles. The fraction of sp³-hybridized carbons (Fsp3) is 0.261. The molecule has 0 aliphatic rings. The van der Waals surface area contributed by atoms with Crippen LogP contribution in [0.2, 0.25) is 0 Å². The molecule has 1 heterocycles. The molecule has 0 fully saturated rings. The highest BCUT2D eigenvalue weighted by Crippen LogP contribution is 2.23. The fourth-order valence-corrected chi connectivity index (χ4v) is 3.68. The van der Waals surface area contributed by atoms with E-state index in [0.29, 0.717) is 12.1 Å². The number of benzene rings is 2. The van der Waals surface area contributed by atoms with E-state index in [1.807, 2.05) is 68.6 Å². The van der Waals surface area contributed by atoms with Gasteiger partial charge in [-0.05, 0) is 25.0 Å². The molecule has 0 aliphatic heterocycles. The van der Waals surface area contributed by atoms with E-state index >= 15 is 0 Å². The first-order valence-corrected chi connectivity index (χ1v) is 10.5. The van der Waals surface area contributed by atoms with Gasteiger partial charge in [0.15, 0.2) is 0 Å². The maximum Gasteiger partial charge on any atom is 0.251 e. The van der Waals surface area contributed by atoms with Crippen molar-refractivity contribution in [2.24, 2.45) is 5.92 Å². The molecule has 6 heteroatoms. The van der Waals surface area contributed by atoms with Crippen LogP contribution in [0.15, 0.2) is 60.0 Å². The zero-order chi connectivity index (χ0) is 20.8. The van der Waals surface area contributed by atoms with Crippen molar-refractivity contribution in [1.29, 1.82) is 0 Å². The molecular weight excluding hydrogens is 382 g/mol. The monoisotopic (exact) mass is 407 g/mol. The molecule has 0 aliphatic carbocycles. The molecule has 0 radical (unpaired) electrons. The number of carbonyl (C=O) groups is 2. The molecule has 1 unspecified atom stereocenters. The average Bonchev–Trinajstić information content (AvgIpc) is 3.20. The van der Waals surface area contributed by atoms with Crippen LogP contribution in [0, 0.1) is 12.8 Å². The first kappa shape index (κ1) is 20.7. The minimum absolute atomic E-state index is 0.0419. The smallest absolute Gasteiger partial charge is 0.251 e. The molecule has 5 nitrogen and oxygen atoms in total. The molecule has 3 aromatic rings. The summed E-state index contributed by atoms with van der Waals surface area (Å²) in [5.74, 6) is -0.506. The number of rotatable bonds is 7. The molecular formula is C23H25N3O2S. The van der Waals surface area contributed by atoms with Gasteiger partial charge < -0.3 is 10.6 Å². The first-order chi connectivity index (χ1) is 13.9. The van der Waals surface area contributed by atoms with Gasteiger partial charge in [-0.1, -0.05) is 61.9 Å². The summed E-state index contributed by atoms with van der Waals surface area (Å²) in [7, 11) is 0. The number of aryl methyl sites for hydroxylation is 1. The summed E-state index contributed by atoms with van der Waals surface area (Å²) in [5, 5.41) is 8.61. The Balaban J connectivity index is 1.60. The zero-order valence-corrected chi connectivity index (χ0v) is 17.6. The topological polar surface area (TPSA) is 71.1 Å². The highest BCUT2D eigenvalue weighted by atomic mass is 32.1. The average molecular weight is 408 g/mol. The van der Waals surface area contributed by atoms with Gasteiger partial charge in [-0.3, -0.25) is 9.59 Å². The summed E-state index contributed by atoms with van der Waals surface area (Å²) in [5.41, 5.74) is 3.48. The molecule has 0 saturated heterocycles. The zero-order valence-electron chi connectivity index (χ0n) is 16.8. The number of hydrogen-bond acceptors (Lipinski definition) is 4. The molecule has 0 spiro atoms. The van der Waals surface area contributed by atoms with E-state index in [-0.39, 0.29) is 17.7 Å². The lowest BCUT2D eigenvalue weighted by Crippen LogP contribution is -2.49. The van der Waals surface area contributed by atoms with E-state index in [0.717, 1.165) is 21.8 Å². The number of hydrogen-bond donors (Lipinski definition) is 2. The Kier molecular flexibility index (Phi) is 6.77. The second-order valence-corrected chi connectivity index (χ2v) is 8.15. The number of nitrogens with zero attached hydrogens (tertiary/aromatic N) is 1. The lowest BCUT2D eigenvalue weighted by atomic mass is 10.0. The van der Waals surface area contributed by atoms with Crippen LogP contribution in [0.25, 0.3) is 10.6 Å². The lowest BCUT2D eigenvalue weighted by Gasteiger charge is -2.21. The summed E-state index contributed by atoms with van der Waals surface area (Å²) in [6.45, 7) is 6.12. The predicted octanol–water partition coefficient (Wildman–Crippen LogP) is 4.19. The van der Waals surface area contributed by atoms with Crippen molar-refractivity contribution in [2.75, 3.05) is 0 Å². The third-order valence-electron chi connectivity index (χ3n) is 4.57. The van der Waals surface area contributed by atoms with Crippen molar-refractivity contribution < 1.29 is 9.59 Å². The SMILES string of the molecule is Cc1ccc(C(=O)NC(C(=O)NCc2csc(-c3ccccc3)n2)C(C)C)cc1. The maximum atomic E-state index is 12.7. The van der Waals surface area contributed by atoms with Gasteiger partial charge >= 0.3 is 0 Å². The molecule has 29 heavy (non-hydrogen) atoms. The number of thiazole rings is 1. The Morgan fingerprint density at radius 1 is 1.03 bits per heavy atom. The van der Waals surface area contributed by atoms with Crippen LogP contribution < -0.4 is 10.6 Å². The summed E-state index contributed by atoms with van der Waals surface area (Å²) < 4.78 is 0. The minimum atomic E-state index is -0.615. The number of aromatic nitrogens is 1. The van der Waals surface area contributed by atoms with Crippen molar-refractivity contribution in [3.63, 3.8) is 0 Å². The molecule has 1 atom stereocenters. The Labute approximate surface area is 175 Å². The third kappa shape index (κ3) is 5.51. The lowest BCUT2D eigenvalue weighted by molar-refractivity contribution is -0.124. The third-order valence-corrected chi connectivity index (χ3v) is 5.51. The van der Waals surface area contributed by atoms with Crippen molar-refractivity contribution in [3.05, 3.63) is 76.8 Å². The van der Waals surface area contributed by atoms with E-state index in [4.69, 9.17) is 0 Å². The Morgan fingerprint density at radius 2 is 1.72 bits per heavy atom. The van der Waals surface area contributed by atoms with Gasteiger partial charge in [-0.25, -0.2) is 4.98 Å². The van der Waals surface area contributed by atoms with Gasteiger partial charge in [0.2, 0.25) is 5.91 Å². The van der Waals surface area contributed by atoms with Gasteiger partial charge in [0, 0.05) is 16.5 Å². The van der Waals surface area contributed by atoms with Crippen molar-refractivity contribution in [3.8, 4) is 10.6 Å². The summed E-state index contributed by atoms with van der Waals surface area (Å²) in [6.07, 6.45) is 0. The largest absolute Gasteiger partial charge is 0.349 e. The minimum Gasteiger partial charge on any atom is -0.349 e. The molecule has 3 rings (SSSR count). The highest BCUT2D eigenvalue weighted by Gasteiger charge is 2.24. The van der Waals surface area contributed by atoms with Crippen molar-refractivity contribution >= 4 is 23.2 Å². The fourth-order valence-electron chi connectivity index (χ4n) is 2.85. The summed E-state index contributed by atoms with van der Waals surface area (Å²) in [4.78, 5) is 29.8. The predicted molar refractivity (Wildman–Crippen MR) is 117 cm³/mol. The number of carbonyl (C=O) groups excluding carboxylic acids is 2. The van der Waals surface area contributed by atoms with Gasteiger partial charge in [-0.15, -0.1) is 11.3 Å². The molecule has 2 amide bonds. The van der Waals surface area contributed by atoms with Gasteiger partial charge in [-0.2, -0.15) is 0 Å². The van der Waals surface area contributed by atoms with Gasteiger partial charge in [0.25, 0.3) is 5.91 Å². The van der Waals surface area contributed by atoms with E-state index in [2.05, 4.69) is 15.6 Å². The van der Waals surface area contributed by atoms with Crippen molar-refractivity contribution in [2.45, 2.75) is 33.4 Å². The Morgan fingerprint density at radius 3 is 2.38 bits per heavy atom. The van der Waals surface area contributed by atoms with Crippen LogP contribution in [0.4, 0.5) is 0 Å². The van der Waals surface area contributed by atoms with Gasteiger partial charge in [0.1, 0.15) is 11.0 Å². The van der Waals surface area contributed by atoms with E-state index in [9.17, 15) is 9.59 Å². The van der Waals surface area contributed by atoms with E-state index in [1.165, 1.54) is 0 Å². The van der Waals surface area contributed by atoms with Crippen molar-refractivity contribution in [1.82, 2.24) is 15.6 Å². The van der Waals surface area contributed by atoms with E-state index in [1.54, 1.807) is 23.5 Å². The molecule has 2 N–H and O–H groups in total. The molecule has 0 bridgehead atoms. The number of nitrogens with one attached hydrogen (secondary N) is 2.